The molecule has 0 unspecified atom stereocenters. The summed E-state index contributed by atoms with van der Waals surface area (Å²) in [7, 11) is 0. The highest BCUT2D eigenvalue weighted by Gasteiger charge is 2.28. The molecule has 2 aromatic rings. The van der Waals surface area contributed by atoms with E-state index in [-0.39, 0.29) is 24.8 Å². The summed E-state index contributed by atoms with van der Waals surface area (Å²) in [5, 5.41) is 0. The topological polar surface area (TPSA) is 53.0 Å². The van der Waals surface area contributed by atoms with Gasteiger partial charge in [-0.25, -0.2) is 0 Å². The summed E-state index contributed by atoms with van der Waals surface area (Å²) in [4.78, 5) is 34.1. The maximum absolute atomic E-state index is 13.1. The van der Waals surface area contributed by atoms with Gasteiger partial charge in [0.15, 0.2) is 0 Å². The molecule has 0 atom stereocenters. The Kier molecular flexibility index (Phi) is 5.01. The first-order valence-electron chi connectivity index (χ1n) is 9.52. The quantitative estimate of drug-likeness (QED) is 0.839. The SMILES string of the molecule is O=C(CN1C(=O)CC(c2ccccc2)=Nc2ccccc21)N1CCCCC1. The van der Waals surface area contributed by atoms with Crippen LogP contribution in [0, 0.1) is 0 Å². The van der Waals surface area contributed by atoms with Gasteiger partial charge in [0, 0.05) is 13.1 Å². The zero-order chi connectivity index (χ0) is 18.6. The van der Waals surface area contributed by atoms with Crippen LogP contribution >= 0.6 is 0 Å². The van der Waals surface area contributed by atoms with Gasteiger partial charge in [0.25, 0.3) is 0 Å². The molecule has 0 aromatic heterocycles. The molecule has 1 saturated heterocycles. The Morgan fingerprint density at radius 3 is 2.41 bits per heavy atom. The predicted octanol–water partition coefficient (Wildman–Crippen LogP) is 3.56. The standard InChI is InChI=1S/C22H23N3O2/c26-21-15-19(17-9-3-1-4-10-17)23-18-11-5-6-12-20(18)25(21)16-22(27)24-13-7-2-8-14-24/h1,3-6,9-12H,2,7-8,13-16H2. The monoisotopic (exact) mass is 361 g/mol. The number of likely N-dealkylation sites (tertiary alicyclic amines) is 1. The Balaban J connectivity index is 1.64. The number of hydrogen-bond acceptors (Lipinski definition) is 3. The van der Waals surface area contributed by atoms with E-state index in [0.717, 1.165) is 42.9 Å². The minimum absolute atomic E-state index is 0.0148. The van der Waals surface area contributed by atoms with Crippen LogP contribution in [0.25, 0.3) is 0 Å². The van der Waals surface area contributed by atoms with Gasteiger partial charge in [0.1, 0.15) is 6.54 Å². The maximum atomic E-state index is 13.1. The van der Waals surface area contributed by atoms with Crippen molar-refractivity contribution in [3.63, 3.8) is 0 Å². The number of nitrogens with zero attached hydrogens (tertiary/aromatic N) is 3. The van der Waals surface area contributed by atoms with Crippen molar-refractivity contribution in [3.8, 4) is 0 Å². The van der Waals surface area contributed by atoms with Gasteiger partial charge >= 0.3 is 0 Å². The van der Waals surface area contributed by atoms with Crippen molar-refractivity contribution >= 4 is 28.9 Å². The number of para-hydroxylation sites is 2. The molecular formula is C22H23N3O2. The smallest absolute Gasteiger partial charge is 0.242 e. The Bertz CT molecular complexity index is 870. The number of aliphatic imine (C=N–C) groups is 1. The molecule has 2 heterocycles. The van der Waals surface area contributed by atoms with E-state index >= 15 is 0 Å². The summed E-state index contributed by atoms with van der Waals surface area (Å²) in [6.45, 7) is 1.65. The van der Waals surface area contributed by atoms with E-state index in [1.54, 1.807) is 4.90 Å². The van der Waals surface area contributed by atoms with Crippen LogP contribution in [-0.2, 0) is 9.59 Å². The molecule has 0 radical (unpaired) electrons. The molecule has 27 heavy (non-hydrogen) atoms. The van der Waals surface area contributed by atoms with Gasteiger partial charge in [-0.05, 0) is 37.0 Å². The van der Waals surface area contributed by atoms with E-state index in [1.807, 2.05) is 59.5 Å². The van der Waals surface area contributed by atoms with Gasteiger partial charge in [-0.15, -0.1) is 0 Å². The lowest BCUT2D eigenvalue weighted by molar-refractivity contribution is -0.132. The second-order valence-electron chi connectivity index (χ2n) is 7.01. The fourth-order valence-electron chi connectivity index (χ4n) is 3.69. The number of rotatable bonds is 3. The summed E-state index contributed by atoms with van der Waals surface area (Å²) in [6.07, 6.45) is 3.44. The third-order valence-electron chi connectivity index (χ3n) is 5.16. The molecule has 4 rings (SSSR count). The molecule has 0 spiro atoms. The number of anilines is 1. The van der Waals surface area contributed by atoms with Crippen molar-refractivity contribution in [2.45, 2.75) is 25.7 Å². The summed E-state index contributed by atoms with van der Waals surface area (Å²) < 4.78 is 0. The van der Waals surface area contributed by atoms with Crippen molar-refractivity contribution in [2.75, 3.05) is 24.5 Å². The second-order valence-corrected chi connectivity index (χ2v) is 7.01. The van der Waals surface area contributed by atoms with Crippen LogP contribution in [0.1, 0.15) is 31.2 Å². The molecule has 0 N–H and O–H groups in total. The minimum atomic E-state index is -0.0899. The molecule has 0 aliphatic carbocycles. The van der Waals surface area contributed by atoms with E-state index < -0.39 is 0 Å². The number of hydrogen-bond donors (Lipinski definition) is 0. The predicted molar refractivity (Wildman–Crippen MR) is 106 cm³/mol. The van der Waals surface area contributed by atoms with Gasteiger partial charge in [-0.2, -0.15) is 0 Å². The van der Waals surface area contributed by atoms with Crippen molar-refractivity contribution < 1.29 is 9.59 Å². The molecule has 2 aromatic carbocycles. The lowest BCUT2D eigenvalue weighted by Crippen LogP contribution is -2.45. The van der Waals surface area contributed by atoms with E-state index in [0.29, 0.717) is 5.69 Å². The lowest BCUT2D eigenvalue weighted by atomic mass is 10.1. The first kappa shape index (κ1) is 17.5. The minimum Gasteiger partial charge on any atom is -0.341 e. The normalized spacial score (nSPS) is 17.2. The third kappa shape index (κ3) is 3.77. The average molecular weight is 361 g/mol. The Labute approximate surface area is 159 Å². The molecule has 2 aliphatic rings. The van der Waals surface area contributed by atoms with Crippen molar-refractivity contribution in [2.24, 2.45) is 4.99 Å². The van der Waals surface area contributed by atoms with Gasteiger partial charge in [-0.1, -0.05) is 42.5 Å². The molecule has 1 fully saturated rings. The lowest BCUT2D eigenvalue weighted by Gasteiger charge is -2.30. The van der Waals surface area contributed by atoms with E-state index in [2.05, 4.69) is 0 Å². The van der Waals surface area contributed by atoms with E-state index in [4.69, 9.17) is 4.99 Å². The zero-order valence-corrected chi connectivity index (χ0v) is 15.3. The van der Waals surface area contributed by atoms with Crippen LogP contribution in [0.5, 0.6) is 0 Å². The summed E-state index contributed by atoms with van der Waals surface area (Å²) in [5.74, 6) is -0.0751. The van der Waals surface area contributed by atoms with Gasteiger partial charge in [0.05, 0.1) is 23.5 Å². The van der Waals surface area contributed by atoms with Crippen LogP contribution in [0.3, 0.4) is 0 Å². The molecular weight excluding hydrogens is 338 g/mol. The molecule has 5 heteroatoms. The fourth-order valence-corrected chi connectivity index (χ4v) is 3.69. The third-order valence-corrected chi connectivity index (χ3v) is 5.16. The Morgan fingerprint density at radius 2 is 1.63 bits per heavy atom. The van der Waals surface area contributed by atoms with Gasteiger partial charge in [0.2, 0.25) is 11.8 Å². The van der Waals surface area contributed by atoms with Crippen molar-refractivity contribution in [3.05, 3.63) is 60.2 Å². The van der Waals surface area contributed by atoms with Crippen LogP contribution < -0.4 is 4.90 Å². The summed E-state index contributed by atoms with van der Waals surface area (Å²) >= 11 is 0. The Hall–Kier alpha value is -2.95. The number of fused-ring (bicyclic) bond motifs is 1. The van der Waals surface area contributed by atoms with E-state index in [9.17, 15) is 9.59 Å². The largest absolute Gasteiger partial charge is 0.341 e. The number of carbonyl (C=O) groups excluding carboxylic acids is 2. The number of piperidine rings is 1. The highest BCUT2D eigenvalue weighted by atomic mass is 16.2. The molecule has 138 valence electrons. The zero-order valence-electron chi connectivity index (χ0n) is 15.3. The first-order chi connectivity index (χ1) is 13.2. The van der Waals surface area contributed by atoms with E-state index in [1.165, 1.54) is 6.42 Å². The number of amides is 2. The van der Waals surface area contributed by atoms with Gasteiger partial charge < -0.3 is 9.80 Å². The van der Waals surface area contributed by atoms with Crippen molar-refractivity contribution in [1.29, 1.82) is 0 Å². The highest BCUT2D eigenvalue weighted by molar-refractivity contribution is 6.18. The maximum Gasteiger partial charge on any atom is 0.242 e. The molecule has 0 saturated carbocycles. The molecule has 2 amide bonds. The molecule has 5 nitrogen and oxygen atoms in total. The fraction of sp³-hybridized carbons (Fsp3) is 0.318. The van der Waals surface area contributed by atoms with Crippen LogP contribution in [0.15, 0.2) is 59.6 Å². The van der Waals surface area contributed by atoms with Crippen LogP contribution in [0.2, 0.25) is 0 Å². The number of carbonyl (C=O) groups is 2. The van der Waals surface area contributed by atoms with Crippen LogP contribution in [-0.4, -0.2) is 42.1 Å². The van der Waals surface area contributed by atoms with Crippen LogP contribution in [0.4, 0.5) is 11.4 Å². The summed E-state index contributed by atoms with van der Waals surface area (Å²) in [5.41, 5.74) is 3.11. The average Bonchev–Trinajstić information content (AvgIpc) is 2.86. The molecule has 2 aliphatic heterocycles. The van der Waals surface area contributed by atoms with Crippen molar-refractivity contribution in [1.82, 2.24) is 4.90 Å². The molecule has 0 bridgehead atoms. The number of benzene rings is 2. The highest BCUT2D eigenvalue weighted by Crippen LogP contribution is 2.33. The van der Waals surface area contributed by atoms with Gasteiger partial charge in [-0.3, -0.25) is 14.6 Å². The first-order valence-corrected chi connectivity index (χ1v) is 9.52. The second kappa shape index (κ2) is 7.74. The summed E-state index contributed by atoms with van der Waals surface area (Å²) in [6, 6.07) is 17.3. The Morgan fingerprint density at radius 1 is 0.926 bits per heavy atom.